The average molecular weight is 534 g/mol. The van der Waals surface area contributed by atoms with Crippen LogP contribution in [0.1, 0.15) is 119 Å². The lowest BCUT2D eigenvalue weighted by molar-refractivity contribution is -0.694. The van der Waals surface area contributed by atoms with Crippen molar-refractivity contribution in [3.8, 4) is 0 Å². The van der Waals surface area contributed by atoms with Crippen molar-refractivity contribution in [1.82, 2.24) is 4.57 Å². The Balaban J connectivity index is 1.72. The fourth-order valence-electron chi connectivity index (χ4n) is 4.73. The minimum Gasteiger partial charge on any atom is -0.234 e. The maximum Gasteiger partial charge on any atom is 0.416 e. The van der Waals surface area contributed by atoms with Gasteiger partial charge in [0.2, 0.25) is 0 Å². The first-order valence-electron chi connectivity index (χ1n) is 13.9. The van der Waals surface area contributed by atoms with E-state index in [-0.39, 0.29) is 18.2 Å². The second kappa shape index (κ2) is 15.4. The fraction of sp³-hybridized carbons (Fsp3) is 0.690. The molecule has 0 amide bonds. The summed E-state index contributed by atoms with van der Waals surface area (Å²) in [6.07, 6.45) is 11.8. The maximum atomic E-state index is 13.1. The van der Waals surface area contributed by atoms with Crippen LogP contribution in [0.25, 0.3) is 0 Å². The normalized spacial score (nSPS) is 12.4. The van der Waals surface area contributed by atoms with Gasteiger partial charge in [-0.1, -0.05) is 84.0 Å². The van der Waals surface area contributed by atoms with Gasteiger partial charge in [-0.3, -0.25) is 0 Å². The molecule has 8 heteroatoms. The van der Waals surface area contributed by atoms with Crippen LogP contribution in [0, 0.1) is 6.92 Å². The first-order chi connectivity index (χ1) is 17.5. The molecule has 0 atom stereocenters. The van der Waals surface area contributed by atoms with Crippen molar-refractivity contribution < 1.29 is 30.9 Å². The van der Waals surface area contributed by atoms with Gasteiger partial charge >= 0.3 is 12.4 Å². The molecule has 0 bridgehead atoms. The summed E-state index contributed by atoms with van der Waals surface area (Å²) < 4.78 is 82.6. The van der Waals surface area contributed by atoms with E-state index in [1.54, 1.807) is 10.8 Å². The van der Waals surface area contributed by atoms with Crippen LogP contribution in [0.5, 0.6) is 0 Å². The number of alkyl halides is 6. The predicted molar refractivity (Wildman–Crippen MR) is 135 cm³/mol. The molecule has 0 saturated carbocycles. The summed E-state index contributed by atoms with van der Waals surface area (Å²) in [4.78, 5) is 0. The van der Waals surface area contributed by atoms with Crippen LogP contribution in [0.4, 0.5) is 26.3 Å². The maximum absolute atomic E-state index is 13.1. The van der Waals surface area contributed by atoms with Crippen molar-refractivity contribution in [2.24, 2.45) is 0 Å². The zero-order valence-electron chi connectivity index (χ0n) is 22.4. The van der Waals surface area contributed by atoms with Gasteiger partial charge in [0.15, 0.2) is 0 Å². The van der Waals surface area contributed by atoms with Crippen LogP contribution in [-0.2, 0) is 25.4 Å². The fourth-order valence-corrected chi connectivity index (χ4v) is 4.73. The lowest BCUT2D eigenvalue weighted by Gasteiger charge is -2.13. The first kappa shape index (κ1) is 31.2. The minimum absolute atomic E-state index is 0.0236. The number of unbranched alkanes of at least 4 members (excludes halogenated alkanes) is 13. The van der Waals surface area contributed by atoms with E-state index < -0.39 is 23.5 Å². The van der Waals surface area contributed by atoms with Gasteiger partial charge in [-0.2, -0.15) is 26.3 Å². The summed E-state index contributed by atoms with van der Waals surface area (Å²) >= 11 is 0. The Morgan fingerprint density at radius 3 is 1.51 bits per heavy atom. The molecule has 1 heterocycles. The van der Waals surface area contributed by atoms with E-state index in [0.717, 1.165) is 37.3 Å². The molecule has 0 spiro atoms. The van der Waals surface area contributed by atoms with Crippen molar-refractivity contribution in [3.63, 3.8) is 0 Å². The number of benzene rings is 1. The molecule has 2 nitrogen and oxygen atoms in total. The quantitative estimate of drug-likeness (QED) is 0.109. The summed E-state index contributed by atoms with van der Waals surface area (Å²) in [5, 5.41) is 0. The SMILES string of the molecule is CCCCCCCCCCCCCCCCn1cc[n+](Cc2cc(C(F)(F)F)cc(C(F)(F)F)c2)c1C. The van der Waals surface area contributed by atoms with Crippen LogP contribution in [0.3, 0.4) is 0 Å². The van der Waals surface area contributed by atoms with Crippen LogP contribution in [-0.4, -0.2) is 4.57 Å². The van der Waals surface area contributed by atoms with Gasteiger partial charge in [-0.15, -0.1) is 0 Å². The van der Waals surface area contributed by atoms with E-state index in [1.165, 1.54) is 77.0 Å². The second-order valence-corrected chi connectivity index (χ2v) is 10.2. The molecule has 0 fully saturated rings. The zero-order chi connectivity index (χ0) is 27.3. The number of rotatable bonds is 17. The average Bonchev–Trinajstić information content (AvgIpc) is 3.17. The third-order valence-corrected chi connectivity index (χ3v) is 7.01. The molecular formula is C29H43F6N2+. The van der Waals surface area contributed by atoms with Crippen molar-refractivity contribution >= 4 is 0 Å². The highest BCUT2D eigenvalue weighted by Gasteiger charge is 2.37. The van der Waals surface area contributed by atoms with E-state index in [0.29, 0.717) is 0 Å². The first-order valence-corrected chi connectivity index (χ1v) is 13.9. The number of nitrogens with zero attached hydrogens (tertiary/aromatic N) is 2. The third-order valence-electron chi connectivity index (χ3n) is 7.01. The summed E-state index contributed by atoms with van der Waals surface area (Å²) in [5.74, 6) is 0.806. The molecule has 1 aromatic carbocycles. The standard InChI is InChI=1S/C29H43F6N2/c1-3-4-5-6-7-8-9-10-11-12-13-14-15-16-17-36-18-19-37(24(36)2)23-25-20-26(28(30,31)32)22-27(21-25)29(33,34)35/h18-22H,3-17,23H2,1-2H3/q+1. The van der Waals surface area contributed by atoms with Gasteiger partial charge < -0.3 is 0 Å². The number of halogens is 6. The Morgan fingerprint density at radius 1 is 0.649 bits per heavy atom. The van der Waals surface area contributed by atoms with Gasteiger partial charge in [0.25, 0.3) is 5.82 Å². The topological polar surface area (TPSA) is 8.81 Å². The highest BCUT2D eigenvalue weighted by Crippen LogP contribution is 2.36. The zero-order valence-corrected chi connectivity index (χ0v) is 22.4. The highest BCUT2D eigenvalue weighted by atomic mass is 19.4. The second-order valence-electron chi connectivity index (χ2n) is 10.2. The number of imidazole rings is 1. The molecule has 37 heavy (non-hydrogen) atoms. The third kappa shape index (κ3) is 11.5. The van der Waals surface area contributed by atoms with Gasteiger partial charge in [0.05, 0.1) is 17.7 Å². The Bertz CT molecular complexity index is 882. The summed E-state index contributed by atoms with van der Waals surface area (Å²) in [5.41, 5.74) is -2.58. The molecule has 0 saturated heterocycles. The lowest BCUT2D eigenvalue weighted by atomic mass is 10.0. The summed E-state index contributed by atoms with van der Waals surface area (Å²) in [6.45, 7) is 4.81. The summed E-state index contributed by atoms with van der Waals surface area (Å²) in [6, 6.07) is 1.76. The number of hydrogen-bond acceptors (Lipinski definition) is 0. The molecular weight excluding hydrogens is 490 g/mol. The van der Waals surface area contributed by atoms with Crippen molar-refractivity contribution in [2.75, 3.05) is 0 Å². The van der Waals surface area contributed by atoms with Crippen molar-refractivity contribution in [1.29, 1.82) is 0 Å². The van der Waals surface area contributed by atoms with Crippen LogP contribution < -0.4 is 4.57 Å². The number of aromatic nitrogens is 2. The van der Waals surface area contributed by atoms with Crippen LogP contribution in [0.2, 0.25) is 0 Å². The molecule has 0 unspecified atom stereocenters. The predicted octanol–water partition coefficient (Wildman–Crippen LogP) is 9.65. The lowest BCUT2D eigenvalue weighted by Crippen LogP contribution is -2.36. The summed E-state index contributed by atoms with van der Waals surface area (Å²) in [7, 11) is 0. The van der Waals surface area contributed by atoms with E-state index in [2.05, 4.69) is 6.92 Å². The largest absolute Gasteiger partial charge is 0.416 e. The van der Waals surface area contributed by atoms with E-state index >= 15 is 0 Å². The molecule has 0 radical (unpaired) electrons. The molecule has 210 valence electrons. The highest BCUT2D eigenvalue weighted by molar-refractivity contribution is 5.33. The number of hydrogen-bond donors (Lipinski definition) is 0. The van der Waals surface area contributed by atoms with E-state index in [9.17, 15) is 26.3 Å². The Morgan fingerprint density at radius 2 is 1.08 bits per heavy atom. The molecule has 0 aliphatic rings. The van der Waals surface area contributed by atoms with Crippen LogP contribution >= 0.6 is 0 Å². The van der Waals surface area contributed by atoms with Gasteiger partial charge in [0.1, 0.15) is 18.9 Å². The van der Waals surface area contributed by atoms with Gasteiger partial charge in [0, 0.05) is 6.92 Å². The van der Waals surface area contributed by atoms with Gasteiger partial charge in [-0.25, -0.2) is 9.13 Å². The van der Waals surface area contributed by atoms with E-state index in [1.807, 2.05) is 17.7 Å². The molecule has 2 aromatic rings. The van der Waals surface area contributed by atoms with Gasteiger partial charge in [-0.05, 0) is 36.6 Å². The van der Waals surface area contributed by atoms with E-state index in [4.69, 9.17) is 0 Å². The Labute approximate surface area is 218 Å². The number of aryl methyl sites for hydroxylation is 1. The molecule has 0 N–H and O–H groups in total. The molecule has 2 rings (SSSR count). The Kier molecular flexibility index (Phi) is 13.0. The van der Waals surface area contributed by atoms with Crippen molar-refractivity contribution in [3.05, 3.63) is 53.1 Å². The van der Waals surface area contributed by atoms with Crippen molar-refractivity contribution in [2.45, 2.75) is 129 Å². The van der Waals surface area contributed by atoms with Crippen LogP contribution in [0.15, 0.2) is 30.6 Å². The molecule has 0 aliphatic carbocycles. The molecule has 1 aromatic heterocycles. The minimum atomic E-state index is -4.84. The smallest absolute Gasteiger partial charge is 0.234 e. The Hall–Kier alpha value is -1.99. The monoisotopic (exact) mass is 533 g/mol. The molecule has 0 aliphatic heterocycles.